The topological polar surface area (TPSA) is 69.6 Å². The first-order chi connectivity index (χ1) is 9.40. The Morgan fingerprint density at radius 3 is 2.45 bits per heavy atom. The molecular formula is C14H17ClN2O3. The van der Waals surface area contributed by atoms with Gasteiger partial charge in [0, 0.05) is 13.1 Å². The number of hydrogen-bond acceptors (Lipinski definition) is 2. The van der Waals surface area contributed by atoms with Gasteiger partial charge in [0.1, 0.15) is 5.56 Å². The van der Waals surface area contributed by atoms with Gasteiger partial charge in [-0.25, -0.2) is 9.59 Å². The second-order valence-electron chi connectivity index (χ2n) is 5.26. The lowest BCUT2D eigenvalue weighted by atomic mass is 10.0. The van der Waals surface area contributed by atoms with E-state index in [1.54, 1.807) is 11.0 Å². The fourth-order valence-corrected chi connectivity index (χ4v) is 2.59. The van der Waals surface area contributed by atoms with Crippen LogP contribution in [-0.2, 0) is 0 Å². The number of hydrogen-bond donors (Lipinski definition) is 2. The third kappa shape index (κ3) is 2.88. The Morgan fingerprint density at radius 1 is 1.30 bits per heavy atom. The lowest BCUT2D eigenvalue weighted by molar-refractivity contribution is 0.0698. The van der Waals surface area contributed by atoms with E-state index < -0.39 is 5.97 Å². The third-order valence-electron chi connectivity index (χ3n) is 3.74. The zero-order chi connectivity index (χ0) is 14.9. The van der Waals surface area contributed by atoms with Gasteiger partial charge in [-0.1, -0.05) is 31.5 Å². The summed E-state index contributed by atoms with van der Waals surface area (Å²) >= 11 is 5.87. The predicted molar refractivity (Wildman–Crippen MR) is 77.3 cm³/mol. The van der Waals surface area contributed by atoms with Crippen LogP contribution in [0.25, 0.3) is 0 Å². The third-order valence-corrected chi connectivity index (χ3v) is 4.06. The fourth-order valence-electron chi connectivity index (χ4n) is 2.34. The maximum Gasteiger partial charge on any atom is 0.339 e. The average molecular weight is 297 g/mol. The lowest BCUT2D eigenvalue weighted by Gasteiger charge is -2.18. The molecule has 0 bridgehead atoms. The molecule has 1 aromatic carbocycles. The minimum atomic E-state index is -1.16. The highest BCUT2D eigenvalue weighted by Gasteiger charge is 2.30. The molecule has 5 nitrogen and oxygen atoms in total. The SMILES string of the molecule is CC1CN(C(=O)Nc2cccc(Cl)c2C(=O)O)CC1C. The summed E-state index contributed by atoms with van der Waals surface area (Å²) in [5.74, 6) is -0.271. The number of carbonyl (C=O) groups excluding carboxylic acids is 1. The molecular weight excluding hydrogens is 280 g/mol. The minimum absolute atomic E-state index is 0.0807. The van der Waals surface area contributed by atoms with E-state index in [9.17, 15) is 9.59 Å². The molecule has 0 aromatic heterocycles. The van der Waals surface area contributed by atoms with Gasteiger partial charge in [-0.3, -0.25) is 0 Å². The molecule has 0 saturated carbocycles. The monoisotopic (exact) mass is 296 g/mol. The number of halogens is 1. The highest BCUT2D eigenvalue weighted by molar-refractivity contribution is 6.34. The molecule has 2 amide bonds. The van der Waals surface area contributed by atoms with Crippen LogP contribution >= 0.6 is 11.6 Å². The number of likely N-dealkylation sites (tertiary alicyclic amines) is 1. The number of urea groups is 1. The van der Waals surface area contributed by atoms with Gasteiger partial charge in [0.25, 0.3) is 0 Å². The van der Waals surface area contributed by atoms with Crippen LogP contribution in [0.3, 0.4) is 0 Å². The number of nitrogens with zero attached hydrogens (tertiary/aromatic N) is 1. The molecule has 1 saturated heterocycles. The molecule has 6 heteroatoms. The van der Waals surface area contributed by atoms with Crippen LogP contribution in [0.4, 0.5) is 10.5 Å². The first-order valence-electron chi connectivity index (χ1n) is 6.48. The van der Waals surface area contributed by atoms with Crippen LogP contribution in [0, 0.1) is 11.8 Å². The second kappa shape index (κ2) is 5.71. The molecule has 2 rings (SSSR count). The van der Waals surface area contributed by atoms with E-state index in [-0.39, 0.29) is 22.3 Å². The number of amides is 2. The summed E-state index contributed by atoms with van der Waals surface area (Å²) in [5.41, 5.74) is 0.144. The number of nitrogens with one attached hydrogen (secondary N) is 1. The molecule has 1 fully saturated rings. The number of benzene rings is 1. The number of rotatable bonds is 2. The molecule has 1 aliphatic rings. The predicted octanol–water partition coefficient (Wildman–Crippen LogP) is 3.16. The fraction of sp³-hybridized carbons (Fsp3) is 0.429. The molecule has 1 heterocycles. The number of carboxylic acids is 1. The smallest absolute Gasteiger partial charge is 0.339 e. The Morgan fingerprint density at radius 2 is 1.90 bits per heavy atom. The average Bonchev–Trinajstić information content (AvgIpc) is 2.69. The minimum Gasteiger partial charge on any atom is -0.478 e. The van der Waals surface area contributed by atoms with E-state index >= 15 is 0 Å². The van der Waals surface area contributed by atoms with Gasteiger partial charge in [0.15, 0.2) is 0 Å². The molecule has 20 heavy (non-hydrogen) atoms. The summed E-state index contributed by atoms with van der Waals surface area (Å²) in [5, 5.41) is 11.9. The van der Waals surface area contributed by atoms with Crippen LogP contribution < -0.4 is 5.32 Å². The molecule has 108 valence electrons. The van der Waals surface area contributed by atoms with Crippen molar-refractivity contribution in [1.29, 1.82) is 0 Å². The van der Waals surface area contributed by atoms with Crippen molar-refractivity contribution in [2.24, 2.45) is 11.8 Å². The Hall–Kier alpha value is -1.75. The summed E-state index contributed by atoms with van der Waals surface area (Å²) in [6, 6.07) is 4.35. The molecule has 0 aliphatic carbocycles. The van der Waals surface area contributed by atoms with Crippen molar-refractivity contribution in [3.05, 3.63) is 28.8 Å². The molecule has 2 N–H and O–H groups in total. The molecule has 0 spiro atoms. The maximum atomic E-state index is 12.2. The number of carbonyl (C=O) groups is 2. The summed E-state index contributed by atoms with van der Waals surface area (Å²) in [7, 11) is 0. The zero-order valence-electron chi connectivity index (χ0n) is 11.4. The summed E-state index contributed by atoms with van der Waals surface area (Å²) < 4.78 is 0. The van der Waals surface area contributed by atoms with Crippen molar-refractivity contribution in [3.63, 3.8) is 0 Å². The van der Waals surface area contributed by atoms with E-state index in [1.807, 2.05) is 0 Å². The largest absolute Gasteiger partial charge is 0.478 e. The highest BCUT2D eigenvalue weighted by atomic mass is 35.5. The second-order valence-corrected chi connectivity index (χ2v) is 5.66. The van der Waals surface area contributed by atoms with E-state index in [1.165, 1.54) is 12.1 Å². The van der Waals surface area contributed by atoms with Gasteiger partial charge < -0.3 is 15.3 Å². The normalized spacial score (nSPS) is 21.9. The van der Waals surface area contributed by atoms with Gasteiger partial charge in [-0.2, -0.15) is 0 Å². The van der Waals surface area contributed by atoms with Gasteiger partial charge in [-0.15, -0.1) is 0 Å². The van der Waals surface area contributed by atoms with E-state index in [0.29, 0.717) is 24.9 Å². The van der Waals surface area contributed by atoms with E-state index in [0.717, 1.165) is 0 Å². The molecule has 0 radical (unpaired) electrons. The van der Waals surface area contributed by atoms with Crippen LogP contribution in [0.1, 0.15) is 24.2 Å². The molecule has 1 aliphatic heterocycles. The highest BCUT2D eigenvalue weighted by Crippen LogP contribution is 2.26. The van der Waals surface area contributed by atoms with Crippen LogP contribution in [0.2, 0.25) is 5.02 Å². The summed E-state index contributed by atoms with van der Waals surface area (Å²) in [6.45, 7) is 5.55. The van der Waals surface area contributed by atoms with Crippen molar-refractivity contribution in [2.75, 3.05) is 18.4 Å². The maximum absolute atomic E-state index is 12.2. The first-order valence-corrected chi connectivity index (χ1v) is 6.85. The summed E-state index contributed by atoms with van der Waals surface area (Å²) in [4.78, 5) is 25.1. The van der Waals surface area contributed by atoms with Crippen molar-refractivity contribution >= 4 is 29.3 Å². The molecule has 2 atom stereocenters. The quantitative estimate of drug-likeness (QED) is 0.881. The number of anilines is 1. The molecule has 2 unspecified atom stereocenters. The van der Waals surface area contributed by atoms with Crippen molar-refractivity contribution in [3.8, 4) is 0 Å². The van der Waals surface area contributed by atoms with Gasteiger partial charge >= 0.3 is 12.0 Å². The zero-order valence-corrected chi connectivity index (χ0v) is 12.1. The Kier molecular flexibility index (Phi) is 4.18. The van der Waals surface area contributed by atoms with E-state index in [4.69, 9.17) is 16.7 Å². The van der Waals surface area contributed by atoms with Crippen LogP contribution in [0.5, 0.6) is 0 Å². The Labute approximate surface area is 122 Å². The Balaban J connectivity index is 2.17. The molecule has 1 aromatic rings. The Bertz CT molecular complexity index is 537. The van der Waals surface area contributed by atoms with Crippen molar-refractivity contribution in [1.82, 2.24) is 4.90 Å². The van der Waals surface area contributed by atoms with Crippen LogP contribution in [-0.4, -0.2) is 35.1 Å². The standard InChI is InChI=1S/C14H17ClN2O3/c1-8-6-17(7-9(8)2)14(20)16-11-5-3-4-10(15)12(11)13(18)19/h3-5,8-9H,6-7H2,1-2H3,(H,16,20)(H,18,19). The van der Waals surface area contributed by atoms with Gasteiger partial charge in [0.2, 0.25) is 0 Å². The number of carboxylic acid groups (broad SMARTS) is 1. The van der Waals surface area contributed by atoms with Crippen molar-refractivity contribution in [2.45, 2.75) is 13.8 Å². The van der Waals surface area contributed by atoms with Crippen molar-refractivity contribution < 1.29 is 14.7 Å². The summed E-state index contributed by atoms with van der Waals surface area (Å²) in [6.07, 6.45) is 0. The van der Waals surface area contributed by atoms with Crippen LogP contribution in [0.15, 0.2) is 18.2 Å². The van der Waals surface area contributed by atoms with Gasteiger partial charge in [0.05, 0.1) is 10.7 Å². The number of aromatic carboxylic acids is 1. The van der Waals surface area contributed by atoms with Gasteiger partial charge in [-0.05, 0) is 24.0 Å². The lowest BCUT2D eigenvalue weighted by Crippen LogP contribution is -2.33. The first kappa shape index (κ1) is 14.7. The van der Waals surface area contributed by atoms with E-state index in [2.05, 4.69) is 19.2 Å².